The molecule has 6 heteroatoms. The summed E-state index contributed by atoms with van der Waals surface area (Å²) in [6, 6.07) is 12.8. The van der Waals surface area contributed by atoms with Gasteiger partial charge in [-0.3, -0.25) is 9.59 Å². The summed E-state index contributed by atoms with van der Waals surface area (Å²) >= 11 is 0. The van der Waals surface area contributed by atoms with Crippen LogP contribution in [0.4, 0.5) is 0 Å². The molecule has 1 amide bonds. The number of rotatable bonds is 11. The van der Waals surface area contributed by atoms with Crippen LogP contribution < -0.4 is 4.74 Å². The number of carbonyl (C=O) groups is 2. The van der Waals surface area contributed by atoms with Gasteiger partial charge in [0.15, 0.2) is 0 Å². The highest BCUT2D eigenvalue weighted by Crippen LogP contribution is 2.40. The summed E-state index contributed by atoms with van der Waals surface area (Å²) in [5, 5.41) is 11.4. The lowest BCUT2D eigenvalue weighted by molar-refractivity contribution is -0.140. The van der Waals surface area contributed by atoms with Crippen molar-refractivity contribution in [2.45, 2.75) is 59.9 Å². The third-order valence-electron chi connectivity index (χ3n) is 6.94. The number of nitrogens with zero attached hydrogens (tertiary/aromatic N) is 2. The van der Waals surface area contributed by atoms with Crippen LogP contribution in [-0.2, 0) is 9.59 Å². The first kappa shape index (κ1) is 27.5. The molecule has 0 bridgehead atoms. The molecule has 0 radical (unpaired) electrons. The predicted octanol–water partition coefficient (Wildman–Crippen LogP) is 5.67. The van der Waals surface area contributed by atoms with Crippen molar-refractivity contribution >= 4 is 17.4 Å². The van der Waals surface area contributed by atoms with Crippen LogP contribution >= 0.6 is 0 Å². The van der Waals surface area contributed by atoms with Crippen molar-refractivity contribution in [3.05, 3.63) is 70.3 Å². The van der Waals surface area contributed by atoms with Gasteiger partial charge in [0.25, 0.3) is 11.7 Å². The van der Waals surface area contributed by atoms with Gasteiger partial charge < -0.3 is 19.6 Å². The molecule has 6 nitrogen and oxygen atoms in total. The fraction of sp³-hybridized carbons (Fsp3) is 0.467. The van der Waals surface area contributed by atoms with Gasteiger partial charge in [-0.2, -0.15) is 0 Å². The van der Waals surface area contributed by atoms with E-state index in [-0.39, 0.29) is 11.3 Å². The number of ether oxygens (including phenoxy) is 1. The van der Waals surface area contributed by atoms with Crippen molar-refractivity contribution in [3.63, 3.8) is 0 Å². The zero-order valence-electron chi connectivity index (χ0n) is 22.5. The summed E-state index contributed by atoms with van der Waals surface area (Å²) in [6.07, 6.45) is 0.896. The number of benzene rings is 2. The smallest absolute Gasteiger partial charge is 0.295 e. The maximum atomic E-state index is 13.3. The zero-order valence-corrected chi connectivity index (χ0v) is 22.5. The molecule has 36 heavy (non-hydrogen) atoms. The largest absolute Gasteiger partial charge is 0.507 e. The molecule has 0 unspecified atom stereocenters. The molecular weight excluding hydrogens is 452 g/mol. The Balaban J connectivity index is 2.09. The third-order valence-corrected chi connectivity index (χ3v) is 6.94. The van der Waals surface area contributed by atoms with E-state index in [9.17, 15) is 14.7 Å². The number of aryl methyl sites for hydroxylation is 1. The van der Waals surface area contributed by atoms with E-state index in [1.807, 2.05) is 44.2 Å². The highest BCUT2D eigenvalue weighted by Gasteiger charge is 2.46. The number of likely N-dealkylation sites (tertiary alicyclic amines) is 1. The molecule has 1 fully saturated rings. The molecule has 0 spiro atoms. The van der Waals surface area contributed by atoms with Crippen LogP contribution in [0.3, 0.4) is 0 Å². The quantitative estimate of drug-likeness (QED) is 0.249. The van der Waals surface area contributed by atoms with Gasteiger partial charge in [0.1, 0.15) is 11.5 Å². The molecule has 0 aliphatic carbocycles. The van der Waals surface area contributed by atoms with Crippen LogP contribution in [0.2, 0.25) is 0 Å². The second kappa shape index (κ2) is 12.2. The van der Waals surface area contributed by atoms with Gasteiger partial charge in [-0.1, -0.05) is 58.9 Å². The lowest BCUT2D eigenvalue weighted by Gasteiger charge is -2.28. The molecule has 194 valence electrons. The second-order valence-electron chi connectivity index (χ2n) is 9.67. The highest BCUT2D eigenvalue weighted by molar-refractivity contribution is 6.46. The number of hydrogen-bond acceptors (Lipinski definition) is 5. The summed E-state index contributed by atoms with van der Waals surface area (Å²) < 4.78 is 5.72. The molecule has 1 aliphatic rings. The first-order valence-corrected chi connectivity index (χ1v) is 13.1. The van der Waals surface area contributed by atoms with Crippen molar-refractivity contribution in [2.75, 3.05) is 32.8 Å². The van der Waals surface area contributed by atoms with E-state index in [0.717, 1.165) is 30.6 Å². The van der Waals surface area contributed by atoms with Crippen molar-refractivity contribution < 1.29 is 19.4 Å². The van der Waals surface area contributed by atoms with Gasteiger partial charge in [0.05, 0.1) is 18.2 Å². The van der Waals surface area contributed by atoms with E-state index >= 15 is 0 Å². The van der Waals surface area contributed by atoms with Gasteiger partial charge in [0, 0.05) is 18.7 Å². The number of aliphatic hydroxyl groups excluding tert-OH is 1. The standard InChI is InChI=1S/C30H40N2O4/c1-7-18-36-24-14-15-25(21(6)19-24)28(33)26-27(23-12-10-22(11-13-23)20(4)5)32(30(35)29(26)34)17-16-31(8-2)9-3/h10-15,19-20,27,33H,7-9,16-18H2,1-6H3/t27-/m1/s1. The first-order valence-electron chi connectivity index (χ1n) is 13.1. The minimum absolute atomic E-state index is 0.141. The lowest BCUT2D eigenvalue weighted by atomic mass is 9.92. The topological polar surface area (TPSA) is 70.1 Å². The SMILES string of the molecule is CCCOc1ccc(C(O)=C2C(=O)C(=O)N(CCN(CC)CC)[C@@H]2c2ccc(C(C)C)cc2)c(C)c1. The minimum atomic E-state index is -0.643. The van der Waals surface area contributed by atoms with E-state index in [1.165, 1.54) is 5.56 Å². The predicted molar refractivity (Wildman–Crippen MR) is 144 cm³/mol. The Labute approximate surface area is 215 Å². The Hall–Kier alpha value is -3.12. The highest BCUT2D eigenvalue weighted by atomic mass is 16.5. The van der Waals surface area contributed by atoms with Crippen molar-refractivity contribution in [1.82, 2.24) is 9.80 Å². The van der Waals surface area contributed by atoms with Crippen LogP contribution in [-0.4, -0.2) is 59.4 Å². The summed E-state index contributed by atoms with van der Waals surface area (Å²) in [7, 11) is 0. The van der Waals surface area contributed by atoms with Gasteiger partial charge in [0.2, 0.25) is 0 Å². The van der Waals surface area contributed by atoms with E-state index < -0.39 is 17.7 Å². The summed E-state index contributed by atoms with van der Waals surface area (Å²) in [5.74, 6) is -0.273. The van der Waals surface area contributed by atoms with Gasteiger partial charge in [-0.05, 0) is 67.2 Å². The van der Waals surface area contributed by atoms with Crippen molar-refractivity contribution in [1.29, 1.82) is 0 Å². The Morgan fingerprint density at radius 2 is 1.72 bits per heavy atom. The van der Waals surface area contributed by atoms with E-state index in [4.69, 9.17) is 4.74 Å². The maximum Gasteiger partial charge on any atom is 0.295 e. The monoisotopic (exact) mass is 492 g/mol. The van der Waals surface area contributed by atoms with Crippen LogP contribution in [0.1, 0.15) is 75.3 Å². The molecule has 1 atom stereocenters. The molecule has 2 aromatic carbocycles. The van der Waals surface area contributed by atoms with Crippen LogP contribution in [0, 0.1) is 6.92 Å². The molecular formula is C30H40N2O4. The van der Waals surface area contributed by atoms with Crippen LogP contribution in [0.25, 0.3) is 5.76 Å². The number of Topliss-reactive ketones (excluding diaryl/α,β-unsaturated/α-hetero) is 1. The second-order valence-corrected chi connectivity index (χ2v) is 9.67. The Bertz CT molecular complexity index is 1100. The number of amides is 1. The molecule has 1 N–H and O–H groups in total. The first-order chi connectivity index (χ1) is 17.2. The average molecular weight is 493 g/mol. The summed E-state index contributed by atoms with van der Waals surface area (Å²) in [4.78, 5) is 30.4. The average Bonchev–Trinajstić information content (AvgIpc) is 3.12. The zero-order chi connectivity index (χ0) is 26.4. The minimum Gasteiger partial charge on any atom is -0.507 e. The normalized spacial score (nSPS) is 17.4. The van der Waals surface area contributed by atoms with E-state index in [1.54, 1.807) is 17.0 Å². The van der Waals surface area contributed by atoms with Gasteiger partial charge >= 0.3 is 0 Å². The Morgan fingerprint density at radius 3 is 2.28 bits per heavy atom. The fourth-order valence-corrected chi connectivity index (χ4v) is 4.67. The van der Waals surface area contributed by atoms with Gasteiger partial charge in [-0.25, -0.2) is 0 Å². The lowest BCUT2D eigenvalue weighted by Crippen LogP contribution is -2.38. The number of aliphatic hydroxyl groups is 1. The number of likely N-dealkylation sites (N-methyl/N-ethyl adjacent to an activating group) is 1. The molecule has 0 saturated carbocycles. The number of hydrogen-bond donors (Lipinski definition) is 1. The molecule has 1 saturated heterocycles. The van der Waals surface area contributed by atoms with Crippen LogP contribution in [0.5, 0.6) is 5.75 Å². The summed E-state index contributed by atoms with van der Waals surface area (Å²) in [5.41, 5.74) is 3.45. The number of carbonyl (C=O) groups excluding carboxylic acids is 2. The fourth-order valence-electron chi connectivity index (χ4n) is 4.67. The molecule has 1 heterocycles. The Morgan fingerprint density at radius 1 is 1.06 bits per heavy atom. The molecule has 3 rings (SSSR count). The van der Waals surface area contributed by atoms with Crippen LogP contribution in [0.15, 0.2) is 48.0 Å². The maximum absolute atomic E-state index is 13.3. The molecule has 1 aliphatic heterocycles. The number of ketones is 1. The molecule has 0 aromatic heterocycles. The Kier molecular flexibility index (Phi) is 9.32. The van der Waals surface area contributed by atoms with E-state index in [2.05, 4.69) is 32.6 Å². The van der Waals surface area contributed by atoms with Crippen molar-refractivity contribution in [3.8, 4) is 5.75 Å². The summed E-state index contributed by atoms with van der Waals surface area (Å²) in [6.45, 7) is 15.7. The molecule has 2 aromatic rings. The van der Waals surface area contributed by atoms with Gasteiger partial charge in [-0.15, -0.1) is 0 Å². The third kappa shape index (κ3) is 5.81. The van der Waals surface area contributed by atoms with Crippen molar-refractivity contribution in [2.24, 2.45) is 0 Å². The van der Waals surface area contributed by atoms with E-state index in [0.29, 0.717) is 36.9 Å².